The van der Waals surface area contributed by atoms with Crippen LogP contribution in [0.5, 0.6) is 0 Å². The van der Waals surface area contributed by atoms with Crippen molar-refractivity contribution in [1.82, 2.24) is 15.5 Å². The molecule has 0 aliphatic carbocycles. The van der Waals surface area contributed by atoms with E-state index in [1.54, 1.807) is 7.11 Å². The highest BCUT2D eigenvalue weighted by molar-refractivity contribution is 5.81. The predicted octanol–water partition coefficient (Wildman–Crippen LogP) is 2.63. The topological polar surface area (TPSA) is 70.7 Å². The number of aryl methyl sites for hydroxylation is 1. The number of carbonyl (C=O) groups excluding carboxylic acids is 2. The van der Waals surface area contributed by atoms with E-state index in [1.807, 2.05) is 24.8 Å². The molecule has 2 N–H and O–H groups in total. The van der Waals surface area contributed by atoms with Crippen LogP contribution in [0.4, 0.5) is 4.79 Å². The third-order valence-electron chi connectivity index (χ3n) is 4.66. The number of carbonyl (C=O) groups is 2. The van der Waals surface area contributed by atoms with E-state index in [4.69, 9.17) is 4.74 Å². The minimum absolute atomic E-state index is 0.00308. The number of urea groups is 1. The monoisotopic (exact) mass is 361 g/mol. The Morgan fingerprint density at radius 1 is 1.31 bits per heavy atom. The van der Waals surface area contributed by atoms with Crippen molar-refractivity contribution in [1.29, 1.82) is 0 Å². The molecule has 1 aromatic rings. The van der Waals surface area contributed by atoms with Crippen molar-refractivity contribution in [2.45, 2.75) is 45.7 Å². The van der Waals surface area contributed by atoms with Crippen molar-refractivity contribution in [2.24, 2.45) is 5.92 Å². The Hall–Kier alpha value is -2.08. The number of hydrogen-bond acceptors (Lipinski definition) is 3. The maximum absolute atomic E-state index is 12.8. The van der Waals surface area contributed by atoms with Gasteiger partial charge >= 0.3 is 6.03 Å². The fourth-order valence-corrected chi connectivity index (χ4v) is 3.38. The first-order valence-electron chi connectivity index (χ1n) is 9.32. The molecule has 1 aliphatic heterocycles. The molecule has 3 amide bonds. The van der Waals surface area contributed by atoms with Gasteiger partial charge in [0.2, 0.25) is 5.91 Å². The Labute approximate surface area is 156 Å². The Morgan fingerprint density at radius 3 is 2.73 bits per heavy atom. The maximum atomic E-state index is 12.8. The highest BCUT2D eigenvalue weighted by Crippen LogP contribution is 2.34. The summed E-state index contributed by atoms with van der Waals surface area (Å²) in [4.78, 5) is 27.0. The van der Waals surface area contributed by atoms with E-state index in [1.165, 1.54) is 5.56 Å². The minimum atomic E-state index is -0.189. The molecular weight excluding hydrogens is 330 g/mol. The Bertz CT molecular complexity index is 618. The van der Waals surface area contributed by atoms with Crippen LogP contribution in [0.3, 0.4) is 0 Å². The zero-order valence-electron chi connectivity index (χ0n) is 16.2. The Kier molecular flexibility index (Phi) is 7.45. The first-order chi connectivity index (χ1) is 12.4. The molecule has 144 valence electrons. The first-order valence-corrected chi connectivity index (χ1v) is 9.32. The van der Waals surface area contributed by atoms with Crippen molar-refractivity contribution in [2.75, 3.05) is 26.8 Å². The third kappa shape index (κ3) is 5.46. The van der Waals surface area contributed by atoms with Gasteiger partial charge in [-0.25, -0.2) is 4.79 Å². The Morgan fingerprint density at radius 2 is 2.08 bits per heavy atom. The number of nitrogens with one attached hydrogen (secondary N) is 2. The summed E-state index contributed by atoms with van der Waals surface area (Å²) in [7, 11) is 1.61. The molecular formula is C20H31N3O3. The SMILES string of the molecule is COCCNC(=O)[C@@H]1CC[C@H](c2cccc(C)c2)N(C(=O)NC(C)C)C1. The molecule has 6 heteroatoms. The van der Waals surface area contributed by atoms with Gasteiger partial charge in [0.15, 0.2) is 0 Å². The number of amides is 3. The van der Waals surface area contributed by atoms with Gasteiger partial charge in [-0.2, -0.15) is 0 Å². The summed E-state index contributed by atoms with van der Waals surface area (Å²) >= 11 is 0. The van der Waals surface area contributed by atoms with Crippen molar-refractivity contribution in [3.05, 3.63) is 35.4 Å². The van der Waals surface area contributed by atoms with Crippen LogP contribution in [0.15, 0.2) is 24.3 Å². The normalized spacial score (nSPS) is 20.1. The smallest absolute Gasteiger partial charge is 0.318 e. The molecule has 2 rings (SSSR count). The summed E-state index contributed by atoms with van der Waals surface area (Å²) in [6.45, 7) is 7.34. The lowest BCUT2D eigenvalue weighted by Gasteiger charge is -2.40. The second kappa shape index (κ2) is 9.57. The van der Waals surface area contributed by atoms with E-state index < -0.39 is 0 Å². The van der Waals surface area contributed by atoms with Gasteiger partial charge in [0.05, 0.1) is 18.6 Å². The fourth-order valence-electron chi connectivity index (χ4n) is 3.38. The van der Waals surface area contributed by atoms with Crippen LogP contribution in [0.2, 0.25) is 0 Å². The van der Waals surface area contributed by atoms with Gasteiger partial charge in [-0.3, -0.25) is 4.79 Å². The summed E-state index contributed by atoms with van der Waals surface area (Å²) in [6, 6.07) is 8.20. The number of methoxy groups -OCH3 is 1. The first kappa shape index (κ1) is 20.2. The number of benzene rings is 1. The highest BCUT2D eigenvalue weighted by atomic mass is 16.5. The van der Waals surface area contributed by atoms with Gasteiger partial charge in [-0.1, -0.05) is 29.8 Å². The van der Waals surface area contributed by atoms with Crippen LogP contribution in [-0.2, 0) is 9.53 Å². The number of piperidine rings is 1. The van der Waals surface area contributed by atoms with E-state index in [-0.39, 0.29) is 29.9 Å². The zero-order chi connectivity index (χ0) is 19.1. The summed E-state index contributed by atoms with van der Waals surface area (Å²) in [5.74, 6) is -0.196. The van der Waals surface area contributed by atoms with Gasteiger partial charge in [-0.05, 0) is 39.2 Å². The average Bonchev–Trinajstić information content (AvgIpc) is 2.60. The van der Waals surface area contributed by atoms with Gasteiger partial charge in [0.25, 0.3) is 0 Å². The average molecular weight is 361 g/mol. The minimum Gasteiger partial charge on any atom is -0.383 e. The van der Waals surface area contributed by atoms with Crippen LogP contribution >= 0.6 is 0 Å². The number of hydrogen-bond donors (Lipinski definition) is 2. The molecule has 26 heavy (non-hydrogen) atoms. The lowest BCUT2D eigenvalue weighted by atomic mass is 9.88. The maximum Gasteiger partial charge on any atom is 0.318 e. The van der Waals surface area contributed by atoms with Crippen molar-refractivity contribution >= 4 is 11.9 Å². The van der Waals surface area contributed by atoms with E-state index >= 15 is 0 Å². The fraction of sp³-hybridized carbons (Fsp3) is 0.600. The van der Waals surface area contributed by atoms with E-state index in [0.29, 0.717) is 19.7 Å². The van der Waals surface area contributed by atoms with Crippen LogP contribution in [0.25, 0.3) is 0 Å². The number of likely N-dealkylation sites (tertiary alicyclic amines) is 1. The molecule has 0 spiro atoms. The molecule has 1 heterocycles. The molecule has 0 saturated carbocycles. The van der Waals surface area contributed by atoms with Crippen molar-refractivity contribution < 1.29 is 14.3 Å². The summed E-state index contributed by atoms with van der Waals surface area (Å²) < 4.78 is 4.98. The lowest BCUT2D eigenvalue weighted by Crippen LogP contribution is -2.51. The zero-order valence-corrected chi connectivity index (χ0v) is 16.2. The molecule has 1 saturated heterocycles. The van der Waals surface area contributed by atoms with E-state index in [9.17, 15) is 9.59 Å². The van der Waals surface area contributed by atoms with Gasteiger partial charge in [-0.15, -0.1) is 0 Å². The van der Waals surface area contributed by atoms with Crippen molar-refractivity contribution in [3.8, 4) is 0 Å². The third-order valence-corrected chi connectivity index (χ3v) is 4.66. The molecule has 1 fully saturated rings. The molecule has 0 radical (unpaired) electrons. The molecule has 0 bridgehead atoms. The lowest BCUT2D eigenvalue weighted by molar-refractivity contribution is -0.127. The van der Waals surface area contributed by atoms with E-state index in [0.717, 1.165) is 18.4 Å². The van der Waals surface area contributed by atoms with Gasteiger partial charge in [0.1, 0.15) is 0 Å². The quantitative estimate of drug-likeness (QED) is 0.765. The van der Waals surface area contributed by atoms with Crippen LogP contribution < -0.4 is 10.6 Å². The van der Waals surface area contributed by atoms with Crippen molar-refractivity contribution in [3.63, 3.8) is 0 Å². The molecule has 1 aromatic carbocycles. The number of ether oxygens (including phenoxy) is 1. The second-order valence-electron chi connectivity index (χ2n) is 7.24. The molecule has 0 unspecified atom stereocenters. The summed E-state index contributed by atoms with van der Waals surface area (Å²) in [5.41, 5.74) is 2.30. The predicted molar refractivity (Wildman–Crippen MR) is 102 cm³/mol. The Balaban J connectivity index is 2.14. The molecule has 6 nitrogen and oxygen atoms in total. The van der Waals surface area contributed by atoms with E-state index in [2.05, 4.69) is 35.8 Å². The van der Waals surface area contributed by atoms with Gasteiger partial charge < -0.3 is 20.3 Å². The van der Waals surface area contributed by atoms with Crippen LogP contribution in [0, 0.1) is 12.8 Å². The molecule has 0 aromatic heterocycles. The highest BCUT2D eigenvalue weighted by Gasteiger charge is 2.35. The summed E-state index contributed by atoms with van der Waals surface area (Å²) in [6.07, 6.45) is 1.54. The summed E-state index contributed by atoms with van der Waals surface area (Å²) in [5, 5.41) is 5.87. The number of nitrogens with zero attached hydrogens (tertiary/aromatic N) is 1. The molecule has 2 atom stereocenters. The van der Waals surface area contributed by atoms with Gasteiger partial charge in [0, 0.05) is 26.2 Å². The standard InChI is InChI=1S/C20H31N3O3/c1-14(2)22-20(25)23-13-17(19(24)21-10-11-26-4)8-9-18(23)16-7-5-6-15(3)12-16/h5-7,12,14,17-18H,8-11,13H2,1-4H3,(H,21,24)(H,22,25)/t17-,18-/m1/s1. The van der Waals surface area contributed by atoms with Crippen LogP contribution in [-0.4, -0.2) is 49.7 Å². The largest absolute Gasteiger partial charge is 0.383 e. The number of rotatable bonds is 6. The molecule has 1 aliphatic rings. The second-order valence-corrected chi connectivity index (χ2v) is 7.24. The van der Waals surface area contributed by atoms with Crippen LogP contribution in [0.1, 0.15) is 43.9 Å².